The fourth-order valence-corrected chi connectivity index (χ4v) is 5.08. The van der Waals surface area contributed by atoms with Crippen LogP contribution < -0.4 is 0 Å². The number of fused-ring (bicyclic) bond motifs is 1. The van der Waals surface area contributed by atoms with Crippen LogP contribution in [-0.2, 0) is 30.1 Å². The second-order valence-electron chi connectivity index (χ2n) is 10.0. The lowest BCUT2D eigenvalue weighted by atomic mass is 9.90. The Kier molecular flexibility index (Phi) is 8.04. The molecule has 0 N–H and O–H groups in total. The number of nitrogens with zero attached hydrogens (tertiary/aromatic N) is 2. The number of alkyl halides is 6. The van der Waals surface area contributed by atoms with Gasteiger partial charge in [-0.25, -0.2) is 0 Å². The van der Waals surface area contributed by atoms with Gasteiger partial charge in [-0.2, -0.15) is 26.3 Å². The topological polar surface area (TPSA) is 42.4 Å². The number of hydrogen-bond acceptors (Lipinski definition) is 3. The first-order valence-corrected chi connectivity index (χ1v) is 13.1. The first kappa shape index (κ1) is 28.6. The molecule has 4 nitrogen and oxygen atoms in total. The molecular formula is C31H26F6N2O2. The number of ether oxygens (including phenoxy) is 1. The van der Waals surface area contributed by atoms with Gasteiger partial charge in [-0.15, -0.1) is 0 Å². The summed E-state index contributed by atoms with van der Waals surface area (Å²) >= 11 is 0. The molecule has 4 aromatic rings. The summed E-state index contributed by atoms with van der Waals surface area (Å²) < 4.78 is 89.1. The predicted molar refractivity (Wildman–Crippen MR) is 141 cm³/mol. The van der Waals surface area contributed by atoms with Crippen molar-refractivity contribution in [2.45, 2.75) is 44.3 Å². The molecule has 0 radical (unpaired) electrons. The highest BCUT2D eigenvalue weighted by Crippen LogP contribution is 2.40. The Balaban J connectivity index is 1.35. The number of pyridine rings is 1. The molecule has 0 unspecified atom stereocenters. The van der Waals surface area contributed by atoms with E-state index in [1.165, 1.54) is 4.90 Å². The zero-order valence-corrected chi connectivity index (χ0v) is 21.8. The zero-order valence-electron chi connectivity index (χ0n) is 21.8. The van der Waals surface area contributed by atoms with E-state index >= 15 is 0 Å². The van der Waals surface area contributed by atoms with Crippen LogP contribution in [0.4, 0.5) is 26.3 Å². The summed E-state index contributed by atoms with van der Waals surface area (Å²) in [6.07, 6.45) is -8.19. The van der Waals surface area contributed by atoms with Crippen LogP contribution in [0.15, 0.2) is 79.0 Å². The third-order valence-electron chi connectivity index (χ3n) is 7.20. The maximum absolute atomic E-state index is 14.1. The number of aromatic nitrogens is 1. The number of halogens is 6. The van der Waals surface area contributed by atoms with Gasteiger partial charge in [-0.3, -0.25) is 9.78 Å². The quantitative estimate of drug-likeness (QED) is 0.223. The number of piperidine rings is 1. The second-order valence-corrected chi connectivity index (χ2v) is 10.0. The summed E-state index contributed by atoms with van der Waals surface area (Å²) in [5, 5.41) is 0.972. The molecule has 1 amide bonds. The lowest BCUT2D eigenvalue weighted by molar-refractivity contribution is -0.143. The van der Waals surface area contributed by atoms with Crippen LogP contribution in [0.3, 0.4) is 0 Å². The van der Waals surface area contributed by atoms with Gasteiger partial charge in [0.1, 0.15) is 0 Å². The number of carbonyl (C=O) groups is 1. The summed E-state index contributed by atoms with van der Waals surface area (Å²) in [4.78, 5) is 19.2. The van der Waals surface area contributed by atoms with Crippen molar-refractivity contribution in [3.8, 4) is 0 Å². The Bertz CT molecular complexity index is 1530. The van der Waals surface area contributed by atoms with Crippen molar-refractivity contribution in [2.24, 2.45) is 0 Å². The largest absolute Gasteiger partial charge is 0.416 e. The van der Waals surface area contributed by atoms with Gasteiger partial charge in [0, 0.05) is 30.2 Å². The number of benzene rings is 3. The standard InChI is InChI=1S/C31H26F6N2O2/c32-30(33,34)23-16-26(25(27(17-23)31(35,36)37)15-20-6-2-1-3-7-20)29(40)39-12-10-24(11-13-39)41-19-21-14-22-8-4-5-9-28(22)38-18-21/h1-9,14,16-18,24H,10-13,15,19H2. The smallest absolute Gasteiger partial charge is 0.373 e. The molecule has 3 aromatic carbocycles. The molecule has 1 aromatic heterocycles. The monoisotopic (exact) mass is 572 g/mol. The highest BCUT2D eigenvalue weighted by atomic mass is 19.4. The molecule has 214 valence electrons. The average molecular weight is 573 g/mol. The molecule has 10 heteroatoms. The predicted octanol–water partition coefficient (Wildman–Crippen LogP) is 7.68. The molecule has 0 saturated carbocycles. The summed E-state index contributed by atoms with van der Waals surface area (Å²) in [6, 6.07) is 18.3. The summed E-state index contributed by atoms with van der Waals surface area (Å²) in [5.74, 6) is -0.857. The van der Waals surface area contributed by atoms with Gasteiger partial charge in [0.15, 0.2) is 0 Å². The number of hydrogen-bond donors (Lipinski definition) is 0. The molecule has 0 spiro atoms. The molecule has 41 heavy (non-hydrogen) atoms. The summed E-state index contributed by atoms with van der Waals surface area (Å²) in [7, 11) is 0. The van der Waals surface area contributed by atoms with Crippen molar-refractivity contribution < 1.29 is 35.9 Å². The van der Waals surface area contributed by atoms with E-state index in [2.05, 4.69) is 4.98 Å². The minimum absolute atomic E-state index is 0.0940. The lowest BCUT2D eigenvalue weighted by Crippen LogP contribution is -2.41. The molecule has 0 atom stereocenters. The van der Waals surface area contributed by atoms with Crippen molar-refractivity contribution in [1.82, 2.24) is 9.88 Å². The van der Waals surface area contributed by atoms with Gasteiger partial charge in [0.25, 0.3) is 5.91 Å². The van der Waals surface area contributed by atoms with E-state index in [4.69, 9.17) is 4.74 Å². The molecule has 1 aliphatic rings. The molecular weight excluding hydrogens is 546 g/mol. The Labute approximate surface area is 232 Å². The molecule has 0 aliphatic carbocycles. The van der Waals surface area contributed by atoms with Gasteiger partial charge < -0.3 is 9.64 Å². The first-order valence-electron chi connectivity index (χ1n) is 13.1. The SMILES string of the molecule is O=C(c1cc(C(F)(F)F)cc(C(F)(F)F)c1Cc1ccccc1)N1CCC(OCc2cnc3ccccc3c2)CC1. The molecule has 1 saturated heterocycles. The van der Waals surface area contributed by atoms with Gasteiger partial charge in [0.05, 0.1) is 29.4 Å². The molecule has 1 aliphatic heterocycles. The molecule has 2 heterocycles. The van der Waals surface area contributed by atoms with Crippen molar-refractivity contribution in [3.63, 3.8) is 0 Å². The maximum Gasteiger partial charge on any atom is 0.416 e. The van der Waals surface area contributed by atoms with Crippen LogP contribution in [0.2, 0.25) is 0 Å². The van der Waals surface area contributed by atoms with E-state index in [9.17, 15) is 31.1 Å². The van der Waals surface area contributed by atoms with Gasteiger partial charge in [0.2, 0.25) is 0 Å². The third-order valence-corrected chi connectivity index (χ3v) is 7.20. The van der Waals surface area contributed by atoms with E-state index in [1.54, 1.807) is 36.5 Å². The van der Waals surface area contributed by atoms with Crippen molar-refractivity contribution in [1.29, 1.82) is 0 Å². The Morgan fingerprint density at radius 3 is 2.22 bits per heavy atom. The third kappa shape index (κ3) is 6.70. The van der Waals surface area contributed by atoms with Gasteiger partial charge in [-0.1, -0.05) is 48.5 Å². The van der Waals surface area contributed by atoms with E-state index in [1.807, 2.05) is 30.3 Å². The molecule has 0 bridgehead atoms. The fourth-order valence-electron chi connectivity index (χ4n) is 5.08. The number of amides is 1. The Morgan fingerprint density at radius 2 is 1.54 bits per heavy atom. The minimum atomic E-state index is -5.08. The van der Waals surface area contributed by atoms with Crippen molar-refractivity contribution in [3.05, 3.63) is 112 Å². The summed E-state index contributed by atoms with van der Waals surface area (Å²) in [5.41, 5.74) is -1.84. The second kappa shape index (κ2) is 11.5. The van der Waals surface area contributed by atoms with Crippen LogP contribution in [0.5, 0.6) is 0 Å². The lowest BCUT2D eigenvalue weighted by Gasteiger charge is -2.33. The van der Waals surface area contributed by atoms with Crippen molar-refractivity contribution >= 4 is 16.8 Å². The van der Waals surface area contributed by atoms with Crippen LogP contribution in [0, 0.1) is 0 Å². The van der Waals surface area contributed by atoms with Crippen LogP contribution in [0.25, 0.3) is 10.9 Å². The van der Waals surface area contributed by atoms with E-state index in [0.29, 0.717) is 31.1 Å². The van der Waals surface area contributed by atoms with Crippen LogP contribution in [-0.4, -0.2) is 35.0 Å². The van der Waals surface area contributed by atoms with Gasteiger partial charge >= 0.3 is 12.4 Å². The zero-order chi connectivity index (χ0) is 29.2. The molecule has 5 rings (SSSR count). The van der Waals surface area contributed by atoms with E-state index < -0.39 is 40.5 Å². The fraction of sp³-hybridized carbons (Fsp3) is 0.290. The Hall–Kier alpha value is -3.92. The number of rotatable bonds is 6. The highest BCUT2D eigenvalue weighted by Gasteiger charge is 2.41. The van der Waals surface area contributed by atoms with E-state index in [0.717, 1.165) is 16.5 Å². The molecule has 1 fully saturated rings. The number of carbonyl (C=O) groups excluding carboxylic acids is 1. The van der Waals surface area contributed by atoms with Crippen molar-refractivity contribution in [2.75, 3.05) is 13.1 Å². The van der Waals surface area contributed by atoms with E-state index in [-0.39, 0.29) is 31.7 Å². The average Bonchev–Trinajstić information content (AvgIpc) is 2.95. The van der Waals surface area contributed by atoms with Gasteiger partial charge in [-0.05, 0) is 60.2 Å². The minimum Gasteiger partial charge on any atom is -0.373 e. The summed E-state index contributed by atoms with van der Waals surface area (Å²) in [6.45, 7) is 0.573. The number of para-hydroxylation sites is 1. The maximum atomic E-state index is 14.1. The Morgan fingerprint density at radius 1 is 0.854 bits per heavy atom. The van der Waals surface area contributed by atoms with Crippen LogP contribution >= 0.6 is 0 Å². The highest BCUT2D eigenvalue weighted by molar-refractivity contribution is 5.96. The normalized spacial score (nSPS) is 14.9. The number of likely N-dealkylation sites (tertiary alicyclic amines) is 1. The first-order chi connectivity index (χ1) is 19.5. The van der Waals surface area contributed by atoms with Crippen LogP contribution in [0.1, 0.15) is 51.0 Å².